The van der Waals surface area contributed by atoms with Gasteiger partial charge in [0.15, 0.2) is 0 Å². The summed E-state index contributed by atoms with van der Waals surface area (Å²) in [5.41, 5.74) is 0. The van der Waals surface area contributed by atoms with Crippen LogP contribution in [0.5, 0.6) is 0 Å². The van der Waals surface area contributed by atoms with Gasteiger partial charge in [0, 0.05) is 6.42 Å². The van der Waals surface area contributed by atoms with Gasteiger partial charge in [0.1, 0.15) is 13.2 Å². The Balaban J connectivity index is 4.35. The van der Waals surface area contributed by atoms with Crippen molar-refractivity contribution in [2.45, 2.75) is 212 Å². The van der Waals surface area contributed by atoms with Crippen LogP contribution in [0.25, 0.3) is 0 Å². The molecule has 0 aromatic heterocycles. The number of nitrogens with zero attached hydrogens (tertiary/aromatic N) is 1. The van der Waals surface area contributed by atoms with E-state index in [0.717, 1.165) is 38.5 Å². The molecule has 0 saturated heterocycles. The molecule has 0 aromatic carbocycles. The van der Waals surface area contributed by atoms with Gasteiger partial charge in [-0.1, -0.05) is 181 Å². The molecule has 294 valence electrons. The second-order valence-corrected chi connectivity index (χ2v) is 17.1. The number of aliphatic hydroxyl groups excluding tert-OH is 1. The van der Waals surface area contributed by atoms with E-state index in [2.05, 4.69) is 19.2 Å². The number of carbonyl (C=O) groups excluding carboxylic acids is 1. The minimum atomic E-state index is -4.55. The minimum absolute atomic E-state index is 0.0157. The first-order chi connectivity index (χ1) is 23.5. The summed E-state index contributed by atoms with van der Waals surface area (Å²) < 4.78 is 23.2. The van der Waals surface area contributed by atoms with Crippen LogP contribution >= 0.6 is 7.82 Å². The highest BCUT2D eigenvalue weighted by Crippen LogP contribution is 2.38. The van der Waals surface area contributed by atoms with E-state index in [1.807, 2.05) is 21.1 Å². The van der Waals surface area contributed by atoms with Crippen molar-refractivity contribution in [1.82, 2.24) is 5.32 Å². The quantitative estimate of drug-likeness (QED) is 0.0374. The number of hydrogen-bond donors (Lipinski definition) is 2. The Morgan fingerprint density at radius 3 is 1.39 bits per heavy atom. The molecule has 0 radical (unpaired) electrons. The number of carbonyl (C=O) groups is 1. The third kappa shape index (κ3) is 35.7. The number of phosphoric ester groups is 1. The van der Waals surface area contributed by atoms with E-state index >= 15 is 0 Å². The molecular weight excluding hydrogens is 635 g/mol. The number of unbranched alkanes of at least 4 members (excludes halogenated alkanes) is 25. The monoisotopic (exact) mass is 719 g/mol. The lowest BCUT2D eigenvalue weighted by molar-refractivity contribution is -0.870. The summed E-state index contributed by atoms with van der Waals surface area (Å²) in [4.78, 5) is 25.2. The third-order valence-electron chi connectivity index (χ3n) is 9.60. The lowest BCUT2D eigenvalue weighted by Crippen LogP contribution is -2.46. The van der Waals surface area contributed by atoms with Crippen LogP contribution in [0.4, 0.5) is 0 Å². The molecule has 3 atom stereocenters. The summed E-state index contributed by atoms with van der Waals surface area (Å²) in [6.45, 7) is 4.72. The molecule has 49 heavy (non-hydrogen) atoms. The fourth-order valence-electron chi connectivity index (χ4n) is 6.22. The molecule has 0 bridgehead atoms. The topological polar surface area (TPSA) is 108 Å². The van der Waals surface area contributed by atoms with E-state index in [9.17, 15) is 19.4 Å². The van der Waals surface area contributed by atoms with E-state index in [0.29, 0.717) is 23.9 Å². The Morgan fingerprint density at radius 1 is 0.633 bits per heavy atom. The van der Waals surface area contributed by atoms with Crippen LogP contribution in [0.3, 0.4) is 0 Å². The standard InChI is InChI=1S/C40H83N2O6P/c1-6-8-10-12-14-16-18-19-20-21-22-24-26-28-30-32-34-40(44)41-38(37-48-49(45,46)47-36-35-42(3,4)5)39(43)33-31-29-27-25-23-17-15-13-11-9-7-2/h38-39,43H,6-37H2,1-5H3,(H-,41,44,45,46)/t38-,39+/m0/s1. The summed E-state index contributed by atoms with van der Waals surface area (Å²) in [7, 11) is 1.31. The Bertz CT molecular complexity index is 778. The molecule has 9 heteroatoms. The van der Waals surface area contributed by atoms with Gasteiger partial charge in [0.2, 0.25) is 5.91 Å². The van der Waals surface area contributed by atoms with Crippen molar-refractivity contribution in [3.05, 3.63) is 0 Å². The molecule has 0 heterocycles. The van der Waals surface area contributed by atoms with Gasteiger partial charge < -0.3 is 28.8 Å². The van der Waals surface area contributed by atoms with Crippen molar-refractivity contribution in [1.29, 1.82) is 0 Å². The van der Waals surface area contributed by atoms with Crippen molar-refractivity contribution >= 4 is 13.7 Å². The molecule has 0 aromatic rings. The fourth-order valence-corrected chi connectivity index (χ4v) is 6.94. The Labute approximate surface area is 304 Å². The SMILES string of the molecule is CCCCCCCCCCCCCCCCCCC(=O)N[C@@H](COP(=O)([O-])OCC[N+](C)(C)C)[C@H](O)CCCCCCCCCCCCC. The van der Waals surface area contributed by atoms with Crippen LogP contribution in [0.1, 0.15) is 200 Å². The average molecular weight is 719 g/mol. The van der Waals surface area contributed by atoms with Gasteiger partial charge in [0.05, 0.1) is 39.9 Å². The molecule has 0 aliphatic heterocycles. The maximum absolute atomic E-state index is 12.8. The van der Waals surface area contributed by atoms with Gasteiger partial charge in [-0.2, -0.15) is 0 Å². The predicted molar refractivity (Wildman–Crippen MR) is 206 cm³/mol. The molecule has 2 N–H and O–H groups in total. The number of amides is 1. The number of likely N-dealkylation sites (N-methyl/N-ethyl adjacent to an activating group) is 1. The normalized spacial score (nSPS) is 14.5. The highest BCUT2D eigenvalue weighted by molar-refractivity contribution is 7.45. The number of aliphatic hydroxyl groups is 1. The van der Waals surface area contributed by atoms with Crippen molar-refractivity contribution < 1.29 is 32.9 Å². The number of nitrogens with one attached hydrogen (secondary N) is 1. The van der Waals surface area contributed by atoms with Crippen LogP contribution in [-0.2, 0) is 18.4 Å². The molecule has 0 rings (SSSR count). The van der Waals surface area contributed by atoms with Crippen LogP contribution in [-0.4, -0.2) is 68.5 Å². The molecule has 1 unspecified atom stereocenters. The second-order valence-electron chi connectivity index (χ2n) is 15.7. The van der Waals surface area contributed by atoms with Gasteiger partial charge >= 0.3 is 0 Å². The largest absolute Gasteiger partial charge is 0.756 e. The van der Waals surface area contributed by atoms with Crippen LogP contribution in [0.2, 0.25) is 0 Å². The summed E-state index contributed by atoms with van der Waals surface area (Å²) in [5, 5.41) is 13.8. The zero-order valence-corrected chi connectivity index (χ0v) is 34.1. The number of rotatable bonds is 38. The molecular formula is C40H83N2O6P. The number of hydrogen-bond acceptors (Lipinski definition) is 6. The van der Waals surface area contributed by atoms with Gasteiger partial charge in [0.25, 0.3) is 7.82 Å². The van der Waals surface area contributed by atoms with Gasteiger partial charge in [-0.3, -0.25) is 9.36 Å². The zero-order chi connectivity index (χ0) is 36.5. The molecule has 0 aliphatic carbocycles. The average Bonchev–Trinajstić information content (AvgIpc) is 3.04. The summed E-state index contributed by atoms with van der Waals surface area (Å²) in [6.07, 6.45) is 33.8. The molecule has 0 fully saturated rings. The lowest BCUT2D eigenvalue weighted by Gasteiger charge is -2.30. The second kappa shape index (κ2) is 33.3. The highest BCUT2D eigenvalue weighted by atomic mass is 31.2. The van der Waals surface area contributed by atoms with Crippen molar-refractivity contribution in [3.63, 3.8) is 0 Å². The molecule has 0 aliphatic rings. The molecule has 8 nitrogen and oxygen atoms in total. The Kier molecular flexibility index (Phi) is 33.0. The lowest BCUT2D eigenvalue weighted by atomic mass is 10.0. The van der Waals surface area contributed by atoms with Crippen molar-refractivity contribution in [2.24, 2.45) is 0 Å². The first-order valence-corrected chi connectivity index (χ1v) is 22.3. The van der Waals surface area contributed by atoms with E-state index in [1.165, 1.54) is 135 Å². The minimum Gasteiger partial charge on any atom is -0.756 e. The summed E-state index contributed by atoms with van der Waals surface area (Å²) >= 11 is 0. The first-order valence-electron chi connectivity index (χ1n) is 20.9. The van der Waals surface area contributed by atoms with E-state index in [-0.39, 0.29) is 19.1 Å². The smallest absolute Gasteiger partial charge is 0.268 e. The summed E-state index contributed by atoms with van der Waals surface area (Å²) in [6, 6.07) is -0.791. The van der Waals surface area contributed by atoms with Crippen LogP contribution in [0, 0.1) is 0 Å². The molecule has 0 spiro atoms. The first kappa shape index (κ1) is 48.5. The van der Waals surface area contributed by atoms with Gasteiger partial charge in [-0.15, -0.1) is 0 Å². The third-order valence-corrected chi connectivity index (χ3v) is 10.6. The number of quaternary nitrogens is 1. The van der Waals surface area contributed by atoms with Crippen LogP contribution in [0.15, 0.2) is 0 Å². The Hall–Kier alpha value is -0.500. The summed E-state index contributed by atoms with van der Waals surface area (Å²) in [5.74, 6) is -0.163. The van der Waals surface area contributed by atoms with Gasteiger partial charge in [-0.25, -0.2) is 0 Å². The maximum Gasteiger partial charge on any atom is 0.268 e. The van der Waals surface area contributed by atoms with E-state index in [4.69, 9.17) is 9.05 Å². The highest BCUT2D eigenvalue weighted by Gasteiger charge is 2.24. The number of phosphoric acid groups is 1. The Morgan fingerprint density at radius 2 is 1.00 bits per heavy atom. The zero-order valence-electron chi connectivity index (χ0n) is 33.2. The van der Waals surface area contributed by atoms with E-state index in [1.54, 1.807) is 0 Å². The van der Waals surface area contributed by atoms with E-state index < -0.39 is 20.0 Å². The van der Waals surface area contributed by atoms with Crippen LogP contribution < -0.4 is 10.2 Å². The van der Waals surface area contributed by atoms with Crippen molar-refractivity contribution in [2.75, 3.05) is 40.9 Å². The molecule has 1 amide bonds. The fraction of sp³-hybridized carbons (Fsp3) is 0.975. The predicted octanol–water partition coefficient (Wildman–Crippen LogP) is 10.4. The maximum atomic E-state index is 12.8. The molecule has 0 saturated carbocycles. The van der Waals surface area contributed by atoms with Gasteiger partial charge in [-0.05, 0) is 12.8 Å². The van der Waals surface area contributed by atoms with Crippen molar-refractivity contribution in [3.8, 4) is 0 Å².